The fraction of sp³-hybridized carbons (Fsp3) is 0.200. The van der Waals surface area contributed by atoms with Crippen LogP contribution in [0.2, 0.25) is 0 Å². The van der Waals surface area contributed by atoms with Crippen LogP contribution in [-0.2, 0) is 6.54 Å². The van der Waals surface area contributed by atoms with E-state index in [0.717, 1.165) is 11.1 Å². The van der Waals surface area contributed by atoms with Crippen LogP contribution in [-0.4, -0.2) is 0 Å². The van der Waals surface area contributed by atoms with E-state index in [1.165, 1.54) is 12.1 Å². The third kappa shape index (κ3) is 2.86. The van der Waals surface area contributed by atoms with E-state index in [2.05, 4.69) is 5.32 Å². The fourth-order valence-electron chi connectivity index (χ4n) is 1.80. The second-order valence-electron chi connectivity index (χ2n) is 4.43. The van der Waals surface area contributed by atoms with Gasteiger partial charge in [0.05, 0.1) is 5.69 Å². The first-order chi connectivity index (χ1) is 8.56. The number of halogens is 2. The molecule has 0 aliphatic carbocycles. The molecular weight excluding hydrogens is 232 g/mol. The molecule has 1 N–H and O–H groups in total. The first-order valence-electron chi connectivity index (χ1n) is 5.81. The molecule has 0 radical (unpaired) electrons. The summed E-state index contributed by atoms with van der Waals surface area (Å²) < 4.78 is 27.0. The quantitative estimate of drug-likeness (QED) is 0.857. The standard InChI is InChI=1S/C15H15F2N/c1-10-3-5-13(16)12(7-10)9-18-15-8-11(2)4-6-14(15)17/h3-8,18H,9H2,1-2H3. The third-order valence-corrected chi connectivity index (χ3v) is 2.79. The molecule has 1 nitrogen and oxygen atoms in total. The van der Waals surface area contributed by atoms with Crippen molar-refractivity contribution in [2.45, 2.75) is 20.4 Å². The molecule has 2 rings (SSSR count). The van der Waals surface area contributed by atoms with E-state index in [9.17, 15) is 8.78 Å². The number of anilines is 1. The van der Waals surface area contributed by atoms with E-state index in [0.29, 0.717) is 11.3 Å². The summed E-state index contributed by atoms with van der Waals surface area (Å²) in [6.45, 7) is 4.06. The summed E-state index contributed by atoms with van der Waals surface area (Å²) in [7, 11) is 0. The number of hydrogen-bond donors (Lipinski definition) is 1. The molecule has 94 valence electrons. The molecule has 0 aromatic heterocycles. The highest BCUT2D eigenvalue weighted by Gasteiger charge is 2.05. The minimum absolute atomic E-state index is 0.272. The average Bonchev–Trinajstić information content (AvgIpc) is 2.34. The maximum Gasteiger partial charge on any atom is 0.146 e. The summed E-state index contributed by atoms with van der Waals surface area (Å²) in [6, 6.07) is 9.72. The number of hydrogen-bond acceptors (Lipinski definition) is 1. The van der Waals surface area contributed by atoms with Gasteiger partial charge in [-0.15, -0.1) is 0 Å². The highest BCUT2D eigenvalue weighted by atomic mass is 19.1. The van der Waals surface area contributed by atoms with Gasteiger partial charge in [-0.05, 0) is 37.6 Å². The number of aryl methyl sites for hydroxylation is 2. The Balaban J connectivity index is 2.16. The normalized spacial score (nSPS) is 10.4. The van der Waals surface area contributed by atoms with Crippen LogP contribution in [0.3, 0.4) is 0 Å². The second-order valence-corrected chi connectivity index (χ2v) is 4.43. The van der Waals surface area contributed by atoms with Gasteiger partial charge in [0.15, 0.2) is 0 Å². The van der Waals surface area contributed by atoms with Crippen molar-refractivity contribution in [2.75, 3.05) is 5.32 Å². The summed E-state index contributed by atoms with van der Waals surface area (Å²) in [6.07, 6.45) is 0. The lowest BCUT2D eigenvalue weighted by Gasteiger charge is -2.10. The fourth-order valence-corrected chi connectivity index (χ4v) is 1.80. The van der Waals surface area contributed by atoms with Crippen LogP contribution in [0.25, 0.3) is 0 Å². The number of benzene rings is 2. The highest BCUT2D eigenvalue weighted by molar-refractivity contribution is 5.47. The molecule has 0 aliphatic rings. The topological polar surface area (TPSA) is 12.0 Å². The van der Waals surface area contributed by atoms with Crippen LogP contribution in [0.15, 0.2) is 36.4 Å². The molecule has 0 amide bonds. The Labute approximate surface area is 105 Å². The Morgan fingerprint density at radius 3 is 2.22 bits per heavy atom. The molecule has 0 fully saturated rings. The van der Waals surface area contributed by atoms with Gasteiger partial charge in [-0.1, -0.05) is 23.8 Å². The molecule has 2 aromatic carbocycles. The minimum Gasteiger partial charge on any atom is -0.378 e. The molecule has 0 bridgehead atoms. The van der Waals surface area contributed by atoms with Crippen LogP contribution < -0.4 is 5.32 Å². The molecule has 3 heteroatoms. The Morgan fingerprint density at radius 2 is 1.50 bits per heavy atom. The van der Waals surface area contributed by atoms with Crippen LogP contribution >= 0.6 is 0 Å². The van der Waals surface area contributed by atoms with Crippen molar-refractivity contribution < 1.29 is 8.78 Å². The van der Waals surface area contributed by atoms with Gasteiger partial charge in [-0.2, -0.15) is 0 Å². The first kappa shape index (κ1) is 12.6. The summed E-state index contributed by atoms with van der Waals surface area (Å²) in [5.41, 5.74) is 2.88. The largest absolute Gasteiger partial charge is 0.378 e. The van der Waals surface area contributed by atoms with E-state index in [1.807, 2.05) is 13.8 Å². The van der Waals surface area contributed by atoms with E-state index in [4.69, 9.17) is 0 Å². The Hall–Kier alpha value is -1.90. The molecule has 0 saturated carbocycles. The van der Waals surface area contributed by atoms with Crippen molar-refractivity contribution in [1.82, 2.24) is 0 Å². The number of rotatable bonds is 3. The van der Waals surface area contributed by atoms with Crippen molar-refractivity contribution in [3.8, 4) is 0 Å². The van der Waals surface area contributed by atoms with Crippen molar-refractivity contribution in [2.24, 2.45) is 0 Å². The summed E-state index contributed by atoms with van der Waals surface area (Å²) in [4.78, 5) is 0. The molecule has 0 heterocycles. The first-order valence-corrected chi connectivity index (χ1v) is 5.81. The van der Waals surface area contributed by atoms with E-state index in [1.54, 1.807) is 24.3 Å². The lowest BCUT2D eigenvalue weighted by atomic mass is 10.1. The number of nitrogens with one attached hydrogen (secondary N) is 1. The van der Waals surface area contributed by atoms with Crippen LogP contribution in [0.1, 0.15) is 16.7 Å². The van der Waals surface area contributed by atoms with Crippen LogP contribution in [0, 0.1) is 25.5 Å². The van der Waals surface area contributed by atoms with Gasteiger partial charge in [0.25, 0.3) is 0 Å². The molecular formula is C15H15F2N. The van der Waals surface area contributed by atoms with E-state index < -0.39 is 0 Å². The smallest absolute Gasteiger partial charge is 0.146 e. The van der Waals surface area contributed by atoms with Gasteiger partial charge < -0.3 is 5.32 Å². The van der Waals surface area contributed by atoms with Gasteiger partial charge in [-0.25, -0.2) is 8.78 Å². The van der Waals surface area contributed by atoms with Crippen molar-refractivity contribution >= 4 is 5.69 Å². The van der Waals surface area contributed by atoms with Crippen LogP contribution in [0.4, 0.5) is 14.5 Å². The molecule has 0 aliphatic heterocycles. The molecule has 0 saturated heterocycles. The second kappa shape index (κ2) is 5.17. The van der Waals surface area contributed by atoms with Crippen molar-refractivity contribution in [3.05, 3.63) is 64.7 Å². The van der Waals surface area contributed by atoms with Gasteiger partial charge >= 0.3 is 0 Å². The molecule has 2 aromatic rings. The maximum atomic E-state index is 13.5. The monoisotopic (exact) mass is 247 g/mol. The van der Waals surface area contributed by atoms with Gasteiger partial charge in [0.2, 0.25) is 0 Å². The highest BCUT2D eigenvalue weighted by Crippen LogP contribution is 2.18. The SMILES string of the molecule is Cc1ccc(F)c(CNc2cc(C)ccc2F)c1. The van der Waals surface area contributed by atoms with E-state index >= 15 is 0 Å². The molecule has 0 unspecified atom stereocenters. The van der Waals surface area contributed by atoms with Gasteiger partial charge in [0.1, 0.15) is 11.6 Å². The summed E-state index contributed by atoms with van der Waals surface area (Å²) >= 11 is 0. The third-order valence-electron chi connectivity index (χ3n) is 2.79. The Morgan fingerprint density at radius 1 is 0.889 bits per heavy atom. The Kier molecular flexibility index (Phi) is 3.60. The molecule has 18 heavy (non-hydrogen) atoms. The minimum atomic E-state index is -0.325. The van der Waals surface area contributed by atoms with Crippen molar-refractivity contribution in [1.29, 1.82) is 0 Å². The summed E-state index contributed by atoms with van der Waals surface area (Å²) in [5, 5.41) is 2.92. The lowest BCUT2D eigenvalue weighted by Crippen LogP contribution is -2.04. The average molecular weight is 247 g/mol. The predicted molar refractivity (Wildman–Crippen MR) is 69.6 cm³/mol. The molecule has 0 spiro atoms. The van der Waals surface area contributed by atoms with Gasteiger partial charge in [-0.3, -0.25) is 0 Å². The van der Waals surface area contributed by atoms with Gasteiger partial charge in [0, 0.05) is 12.1 Å². The maximum absolute atomic E-state index is 13.5. The zero-order valence-corrected chi connectivity index (χ0v) is 10.4. The predicted octanol–water partition coefficient (Wildman–Crippen LogP) is 4.19. The van der Waals surface area contributed by atoms with E-state index in [-0.39, 0.29) is 18.2 Å². The zero-order chi connectivity index (χ0) is 13.1. The van der Waals surface area contributed by atoms with Crippen LogP contribution in [0.5, 0.6) is 0 Å². The zero-order valence-electron chi connectivity index (χ0n) is 10.4. The Bertz CT molecular complexity index is 513. The summed E-state index contributed by atoms with van der Waals surface area (Å²) in [5.74, 6) is -0.602. The molecule has 0 atom stereocenters. The lowest BCUT2D eigenvalue weighted by molar-refractivity contribution is 0.610. The van der Waals surface area contributed by atoms with Crippen molar-refractivity contribution in [3.63, 3.8) is 0 Å².